The minimum Gasteiger partial charge on any atom is -0.465 e. The van der Waals surface area contributed by atoms with Crippen molar-refractivity contribution < 1.29 is 35.7 Å². The van der Waals surface area contributed by atoms with E-state index in [1.54, 1.807) is 6.92 Å². The van der Waals surface area contributed by atoms with Crippen LogP contribution in [0.2, 0.25) is 0 Å². The summed E-state index contributed by atoms with van der Waals surface area (Å²) in [5.41, 5.74) is -5.60. The van der Waals surface area contributed by atoms with E-state index in [0.29, 0.717) is 4.90 Å². The Morgan fingerprint density at radius 1 is 1.56 bits per heavy atom. The standard InChI is InChI=1S/C8H10F3NO5S/c1-5-2-3-6(12(4-5)7(13)14)17-18(15,16)8(9,10)11/h3,5H,2,4H2,1H3,(H,13,14)/t5-/m0/s1. The Hall–Kier alpha value is -1.45. The van der Waals surface area contributed by atoms with Crippen LogP contribution in [0.25, 0.3) is 0 Å². The average Bonchev–Trinajstić information content (AvgIpc) is 2.18. The average molecular weight is 289 g/mol. The molecule has 10 heteroatoms. The Labute approximate surface area is 101 Å². The minimum absolute atomic E-state index is 0.130. The molecule has 0 bridgehead atoms. The van der Waals surface area contributed by atoms with Crippen LogP contribution in [-0.4, -0.2) is 36.6 Å². The summed E-state index contributed by atoms with van der Waals surface area (Å²) in [7, 11) is -5.85. The maximum Gasteiger partial charge on any atom is 0.534 e. The lowest BCUT2D eigenvalue weighted by Gasteiger charge is -2.28. The lowest BCUT2D eigenvalue weighted by atomic mass is 10.0. The van der Waals surface area contributed by atoms with Crippen LogP contribution in [0.3, 0.4) is 0 Å². The number of alkyl halides is 3. The number of nitrogens with zero attached hydrogens (tertiary/aromatic N) is 1. The van der Waals surface area contributed by atoms with Crippen molar-refractivity contribution in [3.05, 3.63) is 12.0 Å². The summed E-state index contributed by atoms with van der Waals surface area (Å²) in [6, 6.07) is 0. The Kier molecular flexibility index (Phi) is 3.79. The predicted molar refractivity (Wildman–Crippen MR) is 52.7 cm³/mol. The number of amides is 1. The van der Waals surface area contributed by atoms with Gasteiger partial charge in [0.05, 0.1) is 0 Å². The van der Waals surface area contributed by atoms with Gasteiger partial charge in [0.25, 0.3) is 0 Å². The van der Waals surface area contributed by atoms with E-state index in [-0.39, 0.29) is 18.9 Å². The Bertz CT molecular complexity index is 470. The topological polar surface area (TPSA) is 83.9 Å². The quantitative estimate of drug-likeness (QED) is 0.618. The van der Waals surface area contributed by atoms with Crippen molar-refractivity contribution in [2.45, 2.75) is 18.9 Å². The number of hydrogen-bond acceptors (Lipinski definition) is 4. The second-order valence-corrected chi connectivity index (χ2v) is 5.30. The fourth-order valence-electron chi connectivity index (χ4n) is 1.30. The van der Waals surface area contributed by atoms with Crippen LogP contribution in [0.5, 0.6) is 0 Å². The van der Waals surface area contributed by atoms with E-state index in [4.69, 9.17) is 5.11 Å². The van der Waals surface area contributed by atoms with Gasteiger partial charge in [-0.05, 0) is 18.4 Å². The number of allylic oxidation sites excluding steroid dienone is 1. The van der Waals surface area contributed by atoms with Crippen LogP contribution in [-0.2, 0) is 14.3 Å². The van der Waals surface area contributed by atoms with Gasteiger partial charge < -0.3 is 9.29 Å². The summed E-state index contributed by atoms with van der Waals surface area (Å²) in [4.78, 5) is 11.2. The molecule has 0 unspecified atom stereocenters. The van der Waals surface area contributed by atoms with E-state index >= 15 is 0 Å². The number of rotatable bonds is 2. The Morgan fingerprint density at radius 3 is 2.56 bits per heavy atom. The minimum atomic E-state index is -5.85. The zero-order chi connectivity index (χ0) is 14.1. The molecule has 1 aliphatic heterocycles. The third kappa shape index (κ3) is 3.06. The van der Waals surface area contributed by atoms with Crippen molar-refractivity contribution in [2.24, 2.45) is 5.92 Å². The molecule has 1 rings (SSSR count). The molecule has 0 aliphatic carbocycles. The van der Waals surface area contributed by atoms with Gasteiger partial charge in [-0.1, -0.05) is 6.92 Å². The molecule has 0 saturated heterocycles. The predicted octanol–water partition coefficient (Wildman–Crippen LogP) is 1.71. The second kappa shape index (κ2) is 4.67. The molecular formula is C8H10F3NO5S. The smallest absolute Gasteiger partial charge is 0.465 e. The summed E-state index contributed by atoms with van der Waals surface area (Å²) >= 11 is 0. The van der Waals surface area contributed by atoms with Crippen molar-refractivity contribution in [3.63, 3.8) is 0 Å². The van der Waals surface area contributed by atoms with Gasteiger partial charge in [-0.2, -0.15) is 21.6 Å². The van der Waals surface area contributed by atoms with Gasteiger partial charge in [-0.3, -0.25) is 0 Å². The number of halogens is 3. The molecule has 1 aliphatic rings. The molecule has 0 saturated carbocycles. The van der Waals surface area contributed by atoms with E-state index in [1.165, 1.54) is 0 Å². The molecule has 104 valence electrons. The van der Waals surface area contributed by atoms with Crippen LogP contribution in [0.1, 0.15) is 13.3 Å². The Balaban J connectivity index is 2.99. The molecule has 18 heavy (non-hydrogen) atoms. The van der Waals surface area contributed by atoms with Crippen LogP contribution in [0.15, 0.2) is 12.0 Å². The number of hydrogen-bond donors (Lipinski definition) is 1. The van der Waals surface area contributed by atoms with E-state index in [1.807, 2.05) is 0 Å². The zero-order valence-electron chi connectivity index (χ0n) is 9.14. The third-order valence-corrected chi connectivity index (χ3v) is 3.12. The summed E-state index contributed by atoms with van der Waals surface area (Å²) in [5, 5.41) is 8.76. The van der Waals surface area contributed by atoms with E-state index in [9.17, 15) is 26.4 Å². The first-order valence-electron chi connectivity index (χ1n) is 4.76. The number of carboxylic acid groups (broad SMARTS) is 1. The maximum atomic E-state index is 12.1. The van der Waals surface area contributed by atoms with Crippen molar-refractivity contribution >= 4 is 16.2 Å². The van der Waals surface area contributed by atoms with Gasteiger partial charge in [-0.15, -0.1) is 0 Å². The van der Waals surface area contributed by atoms with Crippen molar-refractivity contribution in [2.75, 3.05) is 6.54 Å². The largest absolute Gasteiger partial charge is 0.534 e. The first-order valence-corrected chi connectivity index (χ1v) is 6.17. The molecule has 1 atom stereocenters. The molecule has 1 amide bonds. The zero-order valence-corrected chi connectivity index (χ0v) is 9.95. The van der Waals surface area contributed by atoms with Gasteiger partial charge in [0.15, 0.2) is 0 Å². The first-order chi connectivity index (χ1) is 8.04. The molecule has 1 heterocycles. The highest BCUT2D eigenvalue weighted by Gasteiger charge is 2.49. The summed E-state index contributed by atoms with van der Waals surface area (Å²) in [6.07, 6.45) is -0.344. The monoisotopic (exact) mass is 289 g/mol. The molecule has 0 spiro atoms. The van der Waals surface area contributed by atoms with Crippen LogP contribution in [0, 0.1) is 5.92 Å². The second-order valence-electron chi connectivity index (χ2n) is 3.76. The van der Waals surface area contributed by atoms with E-state index in [2.05, 4.69) is 4.18 Å². The lowest BCUT2D eigenvalue weighted by Crippen LogP contribution is -2.39. The SMILES string of the molecule is C[C@H]1CC=C(OS(=O)(=O)C(F)(F)F)N(C(=O)O)C1. The summed E-state index contributed by atoms with van der Waals surface area (Å²) in [5.74, 6) is -0.972. The van der Waals surface area contributed by atoms with E-state index in [0.717, 1.165) is 6.08 Å². The third-order valence-electron chi connectivity index (χ3n) is 2.16. The molecule has 6 nitrogen and oxygen atoms in total. The van der Waals surface area contributed by atoms with Crippen LogP contribution < -0.4 is 0 Å². The lowest BCUT2D eigenvalue weighted by molar-refractivity contribution is -0.0538. The summed E-state index contributed by atoms with van der Waals surface area (Å²) < 4.78 is 61.6. The van der Waals surface area contributed by atoms with Crippen LogP contribution in [0.4, 0.5) is 18.0 Å². The van der Waals surface area contributed by atoms with Gasteiger partial charge >= 0.3 is 21.7 Å². The normalized spacial score (nSPS) is 21.4. The molecular weight excluding hydrogens is 279 g/mol. The number of carbonyl (C=O) groups is 1. The molecule has 1 N–H and O–H groups in total. The molecule has 0 aromatic carbocycles. The highest BCUT2D eigenvalue weighted by Crippen LogP contribution is 2.29. The van der Waals surface area contributed by atoms with Gasteiger partial charge in [0.2, 0.25) is 5.88 Å². The fourth-order valence-corrected chi connectivity index (χ4v) is 1.78. The van der Waals surface area contributed by atoms with Crippen molar-refractivity contribution in [1.82, 2.24) is 4.90 Å². The highest BCUT2D eigenvalue weighted by molar-refractivity contribution is 7.87. The van der Waals surface area contributed by atoms with Gasteiger partial charge in [0.1, 0.15) is 0 Å². The maximum absolute atomic E-state index is 12.1. The van der Waals surface area contributed by atoms with E-state index < -0.39 is 27.6 Å². The molecule has 0 radical (unpaired) electrons. The van der Waals surface area contributed by atoms with Crippen molar-refractivity contribution in [3.8, 4) is 0 Å². The van der Waals surface area contributed by atoms with Gasteiger partial charge in [0, 0.05) is 6.54 Å². The van der Waals surface area contributed by atoms with Crippen molar-refractivity contribution in [1.29, 1.82) is 0 Å². The highest BCUT2D eigenvalue weighted by atomic mass is 32.2. The van der Waals surface area contributed by atoms with Crippen LogP contribution >= 0.6 is 0 Å². The van der Waals surface area contributed by atoms with Gasteiger partial charge in [-0.25, -0.2) is 9.69 Å². The Morgan fingerprint density at radius 2 is 2.11 bits per heavy atom. The molecule has 0 fully saturated rings. The molecule has 0 aromatic rings. The first kappa shape index (κ1) is 14.6. The molecule has 0 aromatic heterocycles. The fraction of sp³-hybridized carbons (Fsp3) is 0.625. The summed E-state index contributed by atoms with van der Waals surface area (Å²) in [6.45, 7) is 1.54.